The van der Waals surface area contributed by atoms with Crippen molar-refractivity contribution in [3.8, 4) is 0 Å². The van der Waals surface area contributed by atoms with E-state index in [0.717, 1.165) is 11.8 Å². The Labute approximate surface area is 101 Å². The summed E-state index contributed by atoms with van der Waals surface area (Å²) in [6.45, 7) is 13.7. The van der Waals surface area contributed by atoms with Gasteiger partial charge >= 0.3 is 0 Å². The van der Waals surface area contributed by atoms with Gasteiger partial charge in [0.25, 0.3) is 14.1 Å². The van der Waals surface area contributed by atoms with Crippen LogP contribution in [-0.4, -0.2) is 14.1 Å². The van der Waals surface area contributed by atoms with E-state index in [1.807, 2.05) is 0 Å². The Morgan fingerprint density at radius 1 is 1.00 bits per heavy atom. The van der Waals surface area contributed by atoms with Gasteiger partial charge in [-0.2, -0.15) is 0 Å². The van der Waals surface area contributed by atoms with Crippen LogP contribution in [0.25, 0.3) is 0 Å². The first kappa shape index (κ1) is 15.0. The zero-order valence-corrected chi connectivity index (χ0v) is 12.5. The van der Waals surface area contributed by atoms with E-state index in [1.165, 1.54) is 16.1 Å². The van der Waals surface area contributed by atoms with Crippen LogP contribution in [0.4, 0.5) is 0 Å². The second-order valence-corrected chi connectivity index (χ2v) is 8.50. The van der Waals surface area contributed by atoms with Crippen LogP contribution in [0, 0.1) is 11.8 Å². The van der Waals surface area contributed by atoms with E-state index >= 15 is 0 Å². The van der Waals surface area contributed by atoms with Crippen molar-refractivity contribution in [3.05, 3.63) is 22.7 Å². The molecule has 0 heterocycles. The Hall–Kier alpha value is 0.0125. The maximum Gasteiger partial charge on any atom is 0.295 e. The van der Waals surface area contributed by atoms with Crippen molar-refractivity contribution < 1.29 is 0 Å². The Morgan fingerprint density at radius 2 is 1.47 bits per heavy atom. The van der Waals surface area contributed by atoms with E-state index in [4.69, 9.17) is 0 Å². The molecule has 86 valence electrons. The van der Waals surface area contributed by atoms with Crippen molar-refractivity contribution in [2.75, 3.05) is 0 Å². The van der Waals surface area contributed by atoms with Gasteiger partial charge in [-0.05, 0) is 13.8 Å². The highest BCUT2D eigenvalue weighted by atomic mass is 27.2. The second-order valence-electron chi connectivity index (χ2n) is 5.65. The molecule has 15 heavy (non-hydrogen) atoms. The highest BCUT2D eigenvalue weighted by Gasteiger charge is 2.16. The Bertz CT molecular complexity index is 197. The highest BCUT2D eigenvalue weighted by molar-refractivity contribution is 6.64. The highest BCUT2D eigenvalue weighted by Crippen LogP contribution is 2.15. The van der Waals surface area contributed by atoms with Crippen LogP contribution in [-0.2, 0) is 0 Å². The summed E-state index contributed by atoms with van der Waals surface area (Å²) in [5, 5.41) is 2.90. The van der Waals surface area contributed by atoms with Crippen LogP contribution < -0.4 is 0 Å². The zero-order chi connectivity index (χ0) is 11.8. The molecular weight excluding hydrogens is 195 g/mol. The molecule has 0 radical (unpaired) electrons. The van der Waals surface area contributed by atoms with Gasteiger partial charge in [-0.25, -0.2) is 0 Å². The maximum atomic E-state index is 2.52. The third-order valence-corrected chi connectivity index (χ3v) is 6.22. The lowest BCUT2D eigenvalue weighted by molar-refractivity contribution is 0.694. The fourth-order valence-electron chi connectivity index (χ4n) is 1.87. The maximum absolute atomic E-state index is 2.52. The van der Waals surface area contributed by atoms with Crippen molar-refractivity contribution in [3.63, 3.8) is 0 Å². The van der Waals surface area contributed by atoms with E-state index in [9.17, 15) is 0 Å². The largest absolute Gasteiger partial charge is 0.295 e. The summed E-state index contributed by atoms with van der Waals surface area (Å²) >= 11 is -0.634. The summed E-state index contributed by atoms with van der Waals surface area (Å²) in [5.41, 5.74) is 1.40. The summed E-state index contributed by atoms with van der Waals surface area (Å²) < 4.78 is 0. The van der Waals surface area contributed by atoms with Gasteiger partial charge in [-0.3, -0.25) is 0 Å². The molecule has 0 atom stereocenters. The van der Waals surface area contributed by atoms with Crippen molar-refractivity contribution in [1.29, 1.82) is 0 Å². The second kappa shape index (κ2) is 8.20. The van der Waals surface area contributed by atoms with Gasteiger partial charge in [0.05, 0.1) is 0 Å². The van der Waals surface area contributed by atoms with Crippen LogP contribution >= 0.6 is 0 Å². The first-order chi connectivity index (χ1) is 6.91. The number of rotatable bonds is 6. The van der Waals surface area contributed by atoms with Gasteiger partial charge in [0, 0.05) is 0 Å². The van der Waals surface area contributed by atoms with Crippen LogP contribution in [0.15, 0.2) is 22.7 Å². The molecule has 0 saturated carbocycles. The summed E-state index contributed by atoms with van der Waals surface area (Å²) in [7, 11) is 0. The molecule has 0 rings (SSSR count). The average Bonchev–Trinajstić information content (AvgIpc) is 2.00. The molecule has 0 aliphatic carbocycles. The monoisotopic (exact) mass is 222 g/mol. The SMILES string of the molecule is CC(C)=CC=[CH][Al]([CH2]C(C)C)[CH2]C(C)C. The Balaban J connectivity index is 4.23. The third kappa shape index (κ3) is 10.3. The number of allylic oxidation sites excluding steroid dienone is 3. The fourth-order valence-corrected chi connectivity index (χ4v) is 5.22. The quantitative estimate of drug-likeness (QED) is 0.445. The lowest BCUT2D eigenvalue weighted by Crippen LogP contribution is -2.14. The minimum absolute atomic E-state index is 0.634. The topological polar surface area (TPSA) is 0 Å². The molecule has 0 aromatic heterocycles. The number of hydrogen-bond acceptors (Lipinski definition) is 0. The standard InChI is InChI=1S/C6H9.2C4H9.Al/c1-4-5-6(2)3;2*1-4(2)3;/h1,4-5H,2-3H3;2*4H,1H2,2-3H3;. The van der Waals surface area contributed by atoms with Crippen molar-refractivity contribution in [2.45, 2.75) is 52.1 Å². The van der Waals surface area contributed by atoms with E-state index in [-0.39, 0.29) is 0 Å². The molecule has 0 aliphatic rings. The van der Waals surface area contributed by atoms with E-state index in [1.54, 1.807) is 0 Å². The molecule has 0 aromatic carbocycles. The first-order valence-corrected chi connectivity index (χ1v) is 8.53. The Morgan fingerprint density at radius 3 is 1.80 bits per heavy atom. The van der Waals surface area contributed by atoms with Crippen LogP contribution in [0.5, 0.6) is 0 Å². The third-order valence-electron chi connectivity index (χ3n) is 2.36. The smallest absolute Gasteiger partial charge is 0.144 e. The van der Waals surface area contributed by atoms with Gasteiger partial charge in [0.2, 0.25) is 0 Å². The van der Waals surface area contributed by atoms with Crippen LogP contribution in [0.2, 0.25) is 10.6 Å². The molecule has 0 aliphatic heterocycles. The minimum atomic E-state index is -0.634. The fraction of sp³-hybridized carbons (Fsp3) is 0.714. The lowest BCUT2D eigenvalue weighted by Gasteiger charge is -2.12. The summed E-state index contributed by atoms with van der Waals surface area (Å²) in [6.07, 6.45) is 4.53. The number of hydrogen-bond donors (Lipinski definition) is 0. The van der Waals surface area contributed by atoms with E-state index in [0.29, 0.717) is 0 Å². The van der Waals surface area contributed by atoms with E-state index < -0.39 is 14.1 Å². The van der Waals surface area contributed by atoms with E-state index in [2.05, 4.69) is 58.6 Å². The first-order valence-electron chi connectivity index (χ1n) is 6.23. The zero-order valence-electron chi connectivity index (χ0n) is 11.4. The summed E-state index contributed by atoms with van der Waals surface area (Å²) in [6, 6.07) is 0. The molecule has 0 unspecified atom stereocenters. The lowest BCUT2D eigenvalue weighted by atomic mass is 10.3. The molecule has 0 bridgehead atoms. The molecule has 0 N–H and O–H groups in total. The molecular formula is C14H27Al. The van der Waals surface area contributed by atoms with Crippen molar-refractivity contribution in [1.82, 2.24) is 0 Å². The molecule has 0 saturated heterocycles. The van der Waals surface area contributed by atoms with Crippen molar-refractivity contribution in [2.24, 2.45) is 11.8 Å². The molecule has 0 spiro atoms. The van der Waals surface area contributed by atoms with Gasteiger partial charge in [-0.15, -0.1) is 4.94 Å². The molecule has 0 aromatic rings. The van der Waals surface area contributed by atoms with Gasteiger partial charge in [0.15, 0.2) is 0 Å². The molecule has 0 amide bonds. The normalized spacial score (nSPS) is 11.5. The van der Waals surface area contributed by atoms with Crippen LogP contribution in [0.3, 0.4) is 0 Å². The molecule has 1 heteroatoms. The van der Waals surface area contributed by atoms with Crippen molar-refractivity contribution >= 4 is 14.1 Å². The molecule has 0 fully saturated rings. The van der Waals surface area contributed by atoms with Gasteiger partial charge in [-0.1, -0.05) is 67.8 Å². The Kier molecular flexibility index (Phi) is 8.20. The summed E-state index contributed by atoms with van der Waals surface area (Å²) in [5.74, 6) is 1.72. The van der Waals surface area contributed by atoms with Gasteiger partial charge < -0.3 is 0 Å². The van der Waals surface area contributed by atoms with Gasteiger partial charge in [0.1, 0.15) is 0 Å². The minimum Gasteiger partial charge on any atom is -0.144 e. The molecule has 0 nitrogen and oxygen atoms in total. The summed E-state index contributed by atoms with van der Waals surface area (Å²) in [4.78, 5) is 2.52. The predicted molar refractivity (Wildman–Crippen MR) is 73.6 cm³/mol. The predicted octanol–water partition coefficient (Wildman–Crippen LogP) is 4.85. The average molecular weight is 222 g/mol. The van der Waals surface area contributed by atoms with Crippen LogP contribution in [0.1, 0.15) is 41.5 Å².